The van der Waals surface area contributed by atoms with E-state index in [0.29, 0.717) is 5.54 Å². The summed E-state index contributed by atoms with van der Waals surface area (Å²) in [6.07, 6.45) is 6.71. The number of aryl methyl sites for hydroxylation is 2. The fourth-order valence-electron chi connectivity index (χ4n) is 4.00. The topological polar surface area (TPSA) is 12.5 Å². The molecule has 2 heteroatoms. The Labute approximate surface area is 116 Å². The first-order valence-electron chi connectivity index (χ1n) is 7.65. The molecule has 0 radical (unpaired) electrons. The van der Waals surface area contributed by atoms with Crippen molar-refractivity contribution >= 4 is 0 Å². The van der Waals surface area contributed by atoms with Gasteiger partial charge in [-0.25, -0.2) is 0 Å². The standard InChI is InChI=1S/C17H25NO/c1-14-6-3-7-15(2)16(14)19-13-10-17-8-4-11-18(17)12-5-9-17/h3,6-7H,4-5,8-13H2,1-2H3. The molecule has 1 aromatic carbocycles. The SMILES string of the molecule is Cc1cccc(C)c1OCCC12CCCN1CCC2. The van der Waals surface area contributed by atoms with E-state index in [4.69, 9.17) is 4.74 Å². The lowest BCUT2D eigenvalue weighted by molar-refractivity contribution is 0.149. The Morgan fingerprint density at radius 3 is 2.37 bits per heavy atom. The van der Waals surface area contributed by atoms with Gasteiger partial charge >= 0.3 is 0 Å². The lowest BCUT2D eigenvalue weighted by Crippen LogP contribution is -2.39. The minimum Gasteiger partial charge on any atom is -0.493 e. The van der Waals surface area contributed by atoms with Gasteiger partial charge in [-0.05, 0) is 70.2 Å². The minimum absolute atomic E-state index is 0.483. The molecule has 0 aromatic heterocycles. The van der Waals surface area contributed by atoms with Crippen LogP contribution in [0.3, 0.4) is 0 Å². The third-order valence-corrected chi connectivity index (χ3v) is 5.03. The molecule has 0 aliphatic carbocycles. The second kappa shape index (κ2) is 5.16. The van der Waals surface area contributed by atoms with Crippen LogP contribution in [0.15, 0.2) is 18.2 Å². The third kappa shape index (κ3) is 2.38. The second-order valence-corrected chi connectivity index (χ2v) is 6.24. The van der Waals surface area contributed by atoms with E-state index in [2.05, 4.69) is 36.9 Å². The van der Waals surface area contributed by atoms with E-state index in [1.165, 1.54) is 56.3 Å². The molecule has 2 fully saturated rings. The van der Waals surface area contributed by atoms with Gasteiger partial charge in [0.25, 0.3) is 0 Å². The highest BCUT2D eigenvalue weighted by Gasteiger charge is 2.43. The summed E-state index contributed by atoms with van der Waals surface area (Å²) in [6.45, 7) is 7.76. The molecular weight excluding hydrogens is 234 g/mol. The lowest BCUT2D eigenvalue weighted by atomic mass is 9.91. The van der Waals surface area contributed by atoms with Gasteiger partial charge in [0, 0.05) is 5.54 Å². The summed E-state index contributed by atoms with van der Waals surface area (Å²) in [5.41, 5.74) is 3.00. The van der Waals surface area contributed by atoms with E-state index >= 15 is 0 Å². The molecule has 0 saturated carbocycles. The number of nitrogens with zero attached hydrogens (tertiary/aromatic N) is 1. The number of hydrogen-bond donors (Lipinski definition) is 0. The summed E-state index contributed by atoms with van der Waals surface area (Å²) < 4.78 is 6.11. The zero-order valence-electron chi connectivity index (χ0n) is 12.2. The number of rotatable bonds is 4. The Morgan fingerprint density at radius 2 is 1.74 bits per heavy atom. The maximum Gasteiger partial charge on any atom is 0.125 e. The fraction of sp³-hybridized carbons (Fsp3) is 0.647. The van der Waals surface area contributed by atoms with E-state index in [9.17, 15) is 0 Å². The summed E-state index contributed by atoms with van der Waals surface area (Å²) in [4.78, 5) is 2.71. The molecule has 104 valence electrons. The van der Waals surface area contributed by atoms with Gasteiger partial charge in [-0.3, -0.25) is 4.90 Å². The van der Waals surface area contributed by atoms with E-state index in [0.717, 1.165) is 12.4 Å². The zero-order chi connectivity index (χ0) is 13.3. The van der Waals surface area contributed by atoms with E-state index < -0.39 is 0 Å². The van der Waals surface area contributed by atoms with Gasteiger partial charge in [-0.15, -0.1) is 0 Å². The van der Waals surface area contributed by atoms with Crippen molar-refractivity contribution in [2.45, 2.75) is 51.5 Å². The Bertz CT molecular complexity index is 424. The molecule has 1 aromatic rings. The van der Waals surface area contributed by atoms with Crippen LogP contribution >= 0.6 is 0 Å². The largest absolute Gasteiger partial charge is 0.493 e. The molecule has 19 heavy (non-hydrogen) atoms. The highest BCUT2D eigenvalue weighted by Crippen LogP contribution is 2.41. The van der Waals surface area contributed by atoms with Crippen LogP contribution in [0.25, 0.3) is 0 Å². The number of fused-ring (bicyclic) bond motifs is 1. The molecule has 2 saturated heterocycles. The quantitative estimate of drug-likeness (QED) is 0.817. The molecule has 0 atom stereocenters. The molecule has 0 amide bonds. The summed E-state index contributed by atoms with van der Waals surface area (Å²) in [6, 6.07) is 6.38. The second-order valence-electron chi connectivity index (χ2n) is 6.24. The van der Waals surface area contributed by atoms with Crippen LogP contribution in [0.5, 0.6) is 5.75 Å². The first-order chi connectivity index (χ1) is 9.21. The molecule has 0 unspecified atom stereocenters. The van der Waals surface area contributed by atoms with Crippen LogP contribution < -0.4 is 4.74 Å². The van der Waals surface area contributed by atoms with Crippen LogP contribution in [-0.4, -0.2) is 30.1 Å². The van der Waals surface area contributed by atoms with Gasteiger partial charge in [0.1, 0.15) is 5.75 Å². The van der Waals surface area contributed by atoms with Crippen LogP contribution in [-0.2, 0) is 0 Å². The van der Waals surface area contributed by atoms with Crippen LogP contribution in [0, 0.1) is 13.8 Å². The fourth-order valence-corrected chi connectivity index (χ4v) is 4.00. The summed E-state index contributed by atoms with van der Waals surface area (Å²) in [7, 11) is 0. The maximum absolute atomic E-state index is 6.11. The number of ether oxygens (including phenoxy) is 1. The Morgan fingerprint density at radius 1 is 1.11 bits per heavy atom. The van der Waals surface area contributed by atoms with E-state index in [1.807, 2.05) is 0 Å². The van der Waals surface area contributed by atoms with Crippen LogP contribution in [0.4, 0.5) is 0 Å². The lowest BCUT2D eigenvalue weighted by Gasteiger charge is -2.32. The van der Waals surface area contributed by atoms with Crippen molar-refractivity contribution in [2.24, 2.45) is 0 Å². The minimum atomic E-state index is 0.483. The predicted octanol–water partition coefficient (Wildman–Crippen LogP) is 3.70. The highest BCUT2D eigenvalue weighted by atomic mass is 16.5. The van der Waals surface area contributed by atoms with Crippen molar-refractivity contribution in [3.63, 3.8) is 0 Å². The first kappa shape index (κ1) is 13.0. The summed E-state index contributed by atoms with van der Waals surface area (Å²) in [5, 5.41) is 0. The van der Waals surface area contributed by atoms with Crippen LogP contribution in [0.2, 0.25) is 0 Å². The average molecular weight is 259 g/mol. The van der Waals surface area contributed by atoms with Gasteiger partial charge in [-0.2, -0.15) is 0 Å². The Kier molecular flexibility index (Phi) is 3.53. The van der Waals surface area contributed by atoms with Gasteiger partial charge in [0.2, 0.25) is 0 Å². The van der Waals surface area contributed by atoms with Gasteiger partial charge < -0.3 is 4.74 Å². The summed E-state index contributed by atoms with van der Waals surface area (Å²) in [5.74, 6) is 1.10. The highest BCUT2D eigenvalue weighted by molar-refractivity contribution is 5.39. The van der Waals surface area contributed by atoms with Crippen molar-refractivity contribution in [3.8, 4) is 5.75 Å². The number of hydrogen-bond acceptors (Lipinski definition) is 2. The van der Waals surface area contributed by atoms with Crippen molar-refractivity contribution in [1.29, 1.82) is 0 Å². The molecule has 3 rings (SSSR count). The Hall–Kier alpha value is -1.02. The first-order valence-corrected chi connectivity index (χ1v) is 7.65. The molecule has 2 nitrogen and oxygen atoms in total. The van der Waals surface area contributed by atoms with Gasteiger partial charge in [0.15, 0.2) is 0 Å². The molecular formula is C17H25NO. The summed E-state index contributed by atoms with van der Waals surface area (Å²) >= 11 is 0. The van der Waals surface area contributed by atoms with Crippen molar-refractivity contribution in [1.82, 2.24) is 4.90 Å². The normalized spacial score (nSPS) is 21.6. The number of benzene rings is 1. The smallest absolute Gasteiger partial charge is 0.125 e. The Balaban J connectivity index is 1.61. The van der Waals surface area contributed by atoms with Crippen molar-refractivity contribution in [3.05, 3.63) is 29.3 Å². The van der Waals surface area contributed by atoms with Gasteiger partial charge in [-0.1, -0.05) is 18.2 Å². The van der Waals surface area contributed by atoms with Gasteiger partial charge in [0.05, 0.1) is 6.61 Å². The van der Waals surface area contributed by atoms with E-state index in [-0.39, 0.29) is 0 Å². The number of para-hydroxylation sites is 1. The van der Waals surface area contributed by atoms with Crippen LogP contribution in [0.1, 0.15) is 43.2 Å². The van der Waals surface area contributed by atoms with Crippen molar-refractivity contribution < 1.29 is 4.74 Å². The third-order valence-electron chi connectivity index (χ3n) is 5.03. The van der Waals surface area contributed by atoms with E-state index in [1.54, 1.807) is 0 Å². The molecule has 2 aliphatic rings. The average Bonchev–Trinajstić information content (AvgIpc) is 2.92. The zero-order valence-corrected chi connectivity index (χ0v) is 12.2. The predicted molar refractivity (Wildman–Crippen MR) is 78.8 cm³/mol. The monoisotopic (exact) mass is 259 g/mol. The van der Waals surface area contributed by atoms with Crippen molar-refractivity contribution in [2.75, 3.05) is 19.7 Å². The molecule has 2 aliphatic heterocycles. The molecule has 0 spiro atoms. The maximum atomic E-state index is 6.11. The molecule has 0 N–H and O–H groups in total. The molecule has 2 heterocycles. The molecule has 0 bridgehead atoms.